The van der Waals surface area contributed by atoms with E-state index in [1.54, 1.807) is 12.3 Å². The van der Waals surface area contributed by atoms with Gasteiger partial charge in [0.05, 0.1) is 23.6 Å². The van der Waals surface area contributed by atoms with Crippen LogP contribution in [0.25, 0.3) is 16.6 Å². The molecular formula is C19H17NO2S2. The number of hydrogen-bond acceptors (Lipinski definition) is 4. The molecule has 0 aliphatic carbocycles. The minimum absolute atomic E-state index is 0.616. The molecule has 3 rings (SSSR count). The highest BCUT2D eigenvalue weighted by Crippen LogP contribution is 2.31. The van der Waals surface area contributed by atoms with Crippen molar-refractivity contribution in [3.63, 3.8) is 0 Å². The van der Waals surface area contributed by atoms with E-state index in [2.05, 4.69) is 11.6 Å². The van der Waals surface area contributed by atoms with Crippen molar-refractivity contribution in [2.24, 2.45) is 0 Å². The van der Waals surface area contributed by atoms with Crippen molar-refractivity contribution in [1.29, 1.82) is 0 Å². The first-order chi connectivity index (χ1) is 11.7. The van der Waals surface area contributed by atoms with E-state index in [9.17, 15) is 4.21 Å². The number of hydrogen-bond donors (Lipinski definition) is 0. The molecule has 24 heavy (non-hydrogen) atoms. The molecular weight excluding hydrogens is 338 g/mol. The second-order valence-electron chi connectivity index (χ2n) is 4.99. The van der Waals surface area contributed by atoms with Gasteiger partial charge < -0.3 is 4.74 Å². The van der Waals surface area contributed by atoms with Crippen molar-refractivity contribution in [3.05, 3.63) is 66.9 Å². The Morgan fingerprint density at radius 3 is 2.71 bits per heavy atom. The SMILES string of the molecule is C=Cc1cccc(S(=O)c2cccc(-c3ncc(OCC)s3)c2)c1. The van der Waals surface area contributed by atoms with Crippen LogP contribution in [0.2, 0.25) is 0 Å². The largest absolute Gasteiger partial charge is 0.483 e. The lowest BCUT2D eigenvalue weighted by Gasteiger charge is -2.05. The molecule has 0 spiro atoms. The van der Waals surface area contributed by atoms with Gasteiger partial charge in [-0.05, 0) is 36.8 Å². The van der Waals surface area contributed by atoms with Crippen LogP contribution in [0.4, 0.5) is 0 Å². The molecule has 0 saturated carbocycles. The molecule has 122 valence electrons. The first-order valence-corrected chi connectivity index (χ1v) is 9.51. The van der Waals surface area contributed by atoms with Gasteiger partial charge in [-0.25, -0.2) is 9.19 Å². The van der Waals surface area contributed by atoms with Gasteiger partial charge in [-0.1, -0.05) is 48.3 Å². The molecule has 0 saturated heterocycles. The Hall–Kier alpha value is -2.24. The summed E-state index contributed by atoms with van der Waals surface area (Å²) < 4.78 is 18.3. The summed E-state index contributed by atoms with van der Waals surface area (Å²) in [4.78, 5) is 5.90. The number of thiazole rings is 1. The second kappa shape index (κ2) is 7.55. The third-order valence-electron chi connectivity index (χ3n) is 3.37. The lowest BCUT2D eigenvalue weighted by molar-refractivity contribution is 0.349. The molecule has 0 bridgehead atoms. The van der Waals surface area contributed by atoms with E-state index in [0.717, 1.165) is 31.0 Å². The van der Waals surface area contributed by atoms with E-state index in [0.29, 0.717) is 6.61 Å². The lowest BCUT2D eigenvalue weighted by atomic mass is 10.2. The molecule has 0 aliphatic heterocycles. The minimum atomic E-state index is -1.24. The van der Waals surface area contributed by atoms with E-state index >= 15 is 0 Å². The van der Waals surface area contributed by atoms with Crippen LogP contribution in [0.15, 0.2) is 71.1 Å². The van der Waals surface area contributed by atoms with Crippen LogP contribution in [0.1, 0.15) is 12.5 Å². The minimum Gasteiger partial charge on any atom is -0.483 e. The number of benzene rings is 2. The molecule has 5 heteroatoms. The Morgan fingerprint density at radius 2 is 1.96 bits per heavy atom. The highest BCUT2D eigenvalue weighted by molar-refractivity contribution is 7.85. The van der Waals surface area contributed by atoms with Gasteiger partial charge in [0.1, 0.15) is 5.01 Å². The molecule has 3 nitrogen and oxygen atoms in total. The van der Waals surface area contributed by atoms with Crippen LogP contribution in [0, 0.1) is 0 Å². The average Bonchev–Trinajstić information content (AvgIpc) is 3.10. The molecule has 2 aromatic carbocycles. The average molecular weight is 355 g/mol. The van der Waals surface area contributed by atoms with Crippen molar-refractivity contribution >= 4 is 28.2 Å². The molecule has 0 aliphatic rings. The van der Waals surface area contributed by atoms with E-state index < -0.39 is 10.8 Å². The summed E-state index contributed by atoms with van der Waals surface area (Å²) in [5.41, 5.74) is 1.90. The molecule has 1 aromatic heterocycles. The molecule has 3 aromatic rings. The number of aromatic nitrogens is 1. The van der Waals surface area contributed by atoms with Gasteiger partial charge in [0, 0.05) is 15.4 Å². The number of rotatable bonds is 6. The van der Waals surface area contributed by atoms with E-state index in [4.69, 9.17) is 4.74 Å². The number of nitrogens with zero attached hydrogens (tertiary/aromatic N) is 1. The van der Waals surface area contributed by atoms with Gasteiger partial charge in [0.25, 0.3) is 0 Å². The predicted molar refractivity (Wildman–Crippen MR) is 99.9 cm³/mol. The van der Waals surface area contributed by atoms with E-state index in [1.165, 1.54) is 11.3 Å². The van der Waals surface area contributed by atoms with Crippen LogP contribution in [0.5, 0.6) is 5.06 Å². The zero-order chi connectivity index (χ0) is 16.9. The Balaban J connectivity index is 1.91. The fraction of sp³-hybridized carbons (Fsp3) is 0.105. The molecule has 1 heterocycles. The lowest BCUT2D eigenvalue weighted by Crippen LogP contribution is -1.93. The highest BCUT2D eigenvalue weighted by Gasteiger charge is 2.11. The van der Waals surface area contributed by atoms with Crippen molar-refractivity contribution in [1.82, 2.24) is 4.98 Å². The Bertz CT molecular complexity index is 886. The summed E-state index contributed by atoms with van der Waals surface area (Å²) >= 11 is 1.49. The van der Waals surface area contributed by atoms with Gasteiger partial charge in [-0.2, -0.15) is 0 Å². The Kier molecular flexibility index (Phi) is 5.23. The second-order valence-corrected chi connectivity index (χ2v) is 7.46. The van der Waals surface area contributed by atoms with Crippen LogP contribution in [0.3, 0.4) is 0 Å². The van der Waals surface area contributed by atoms with Gasteiger partial charge in [-0.3, -0.25) is 0 Å². The van der Waals surface area contributed by atoms with Gasteiger partial charge in [0.2, 0.25) is 0 Å². The third-order valence-corrected chi connectivity index (χ3v) is 5.70. The van der Waals surface area contributed by atoms with Crippen molar-refractivity contribution < 1.29 is 8.95 Å². The quantitative estimate of drug-likeness (QED) is 0.623. The molecule has 0 fully saturated rings. The normalized spacial score (nSPS) is 11.9. The fourth-order valence-electron chi connectivity index (χ4n) is 2.24. The van der Waals surface area contributed by atoms with Crippen molar-refractivity contribution in [2.45, 2.75) is 16.7 Å². The molecule has 0 N–H and O–H groups in total. The topological polar surface area (TPSA) is 39.2 Å². The van der Waals surface area contributed by atoms with Crippen molar-refractivity contribution in [3.8, 4) is 15.6 Å². The summed E-state index contributed by atoms with van der Waals surface area (Å²) in [6.07, 6.45) is 3.47. The first-order valence-electron chi connectivity index (χ1n) is 7.54. The molecule has 0 radical (unpaired) electrons. The summed E-state index contributed by atoms with van der Waals surface area (Å²) in [5, 5.41) is 1.65. The zero-order valence-corrected chi connectivity index (χ0v) is 14.9. The van der Waals surface area contributed by atoms with E-state index in [-0.39, 0.29) is 0 Å². The smallest absolute Gasteiger partial charge is 0.194 e. The van der Waals surface area contributed by atoms with Crippen molar-refractivity contribution in [2.75, 3.05) is 6.61 Å². The molecule has 1 atom stereocenters. The predicted octanol–water partition coefficient (Wildman–Crippen LogP) is 5.02. The standard InChI is InChI=1S/C19H17NO2S2/c1-3-14-7-5-9-16(11-14)24(21)17-10-6-8-15(12-17)19-20-13-18(23-19)22-4-2/h3,5-13H,1,4H2,2H3. The molecule has 0 amide bonds. The van der Waals surface area contributed by atoms with E-state index in [1.807, 2.05) is 55.5 Å². The van der Waals surface area contributed by atoms with Gasteiger partial charge in [-0.15, -0.1) is 0 Å². The Labute approximate surface area is 148 Å². The van der Waals surface area contributed by atoms with Crippen LogP contribution in [-0.4, -0.2) is 15.8 Å². The summed E-state index contributed by atoms with van der Waals surface area (Å²) in [6, 6.07) is 15.3. The van der Waals surface area contributed by atoms with Crippen LogP contribution in [-0.2, 0) is 10.8 Å². The third kappa shape index (κ3) is 3.63. The van der Waals surface area contributed by atoms with Crippen LogP contribution >= 0.6 is 11.3 Å². The zero-order valence-electron chi connectivity index (χ0n) is 13.3. The fourth-order valence-corrected chi connectivity index (χ4v) is 4.22. The number of ether oxygens (including phenoxy) is 1. The monoisotopic (exact) mass is 355 g/mol. The summed E-state index contributed by atoms with van der Waals surface area (Å²) in [7, 11) is -1.24. The highest BCUT2D eigenvalue weighted by atomic mass is 32.2. The first kappa shape index (κ1) is 16.6. The molecule has 1 unspecified atom stereocenters. The maximum absolute atomic E-state index is 12.8. The summed E-state index contributed by atoms with van der Waals surface area (Å²) in [5.74, 6) is 0. The van der Waals surface area contributed by atoms with Gasteiger partial charge >= 0.3 is 0 Å². The van der Waals surface area contributed by atoms with Gasteiger partial charge in [0.15, 0.2) is 5.06 Å². The van der Waals surface area contributed by atoms with Crippen LogP contribution < -0.4 is 4.74 Å². The summed E-state index contributed by atoms with van der Waals surface area (Å²) in [6.45, 7) is 6.32. The Morgan fingerprint density at radius 1 is 1.21 bits per heavy atom. The maximum atomic E-state index is 12.8. The maximum Gasteiger partial charge on any atom is 0.194 e.